The summed E-state index contributed by atoms with van der Waals surface area (Å²) in [5.74, 6) is 0.170. The van der Waals surface area contributed by atoms with Gasteiger partial charge in [0.25, 0.3) is 0 Å². The first-order valence-electron chi connectivity index (χ1n) is 3.92. The maximum Gasteiger partial charge on any atom is 0.133 e. The van der Waals surface area contributed by atoms with Crippen molar-refractivity contribution in [1.29, 1.82) is 0 Å². The predicted molar refractivity (Wildman–Crippen MR) is 49.4 cm³/mol. The summed E-state index contributed by atoms with van der Waals surface area (Å²) in [6, 6.07) is 0. The van der Waals surface area contributed by atoms with Crippen LogP contribution in [-0.4, -0.2) is 5.78 Å². The fourth-order valence-corrected chi connectivity index (χ4v) is 1.34. The Balaban J connectivity index is 2.69. The molecule has 0 spiro atoms. The van der Waals surface area contributed by atoms with Crippen LogP contribution in [0.25, 0.3) is 0 Å². The molecule has 2 nitrogen and oxygen atoms in total. The maximum absolute atomic E-state index is 10.8. The minimum atomic E-state index is 0.170. The molecular weight excluding hydrogens is 150 g/mol. The minimum absolute atomic E-state index is 0.170. The zero-order valence-corrected chi connectivity index (χ0v) is 7.26. The monoisotopic (exact) mass is 163 g/mol. The molecule has 1 aliphatic carbocycles. The van der Waals surface area contributed by atoms with Gasteiger partial charge in [-0.3, -0.25) is 4.79 Å². The Kier molecular flexibility index (Phi) is 2.48. The van der Waals surface area contributed by atoms with Crippen LogP contribution in [0.5, 0.6) is 0 Å². The Morgan fingerprint density at radius 2 is 2.33 bits per heavy atom. The standard InChI is InChI=1S/C10H13NO/c1-7-3-9(5-8(2)12)6-10(11)4-7/h3-4H,1,5-6,11H2,2H3. The van der Waals surface area contributed by atoms with Crippen LogP contribution in [-0.2, 0) is 4.79 Å². The fraction of sp³-hybridized carbons (Fsp3) is 0.300. The largest absolute Gasteiger partial charge is 0.402 e. The first-order valence-corrected chi connectivity index (χ1v) is 3.92. The summed E-state index contributed by atoms with van der Waals surface area (Å²) in [6.07, 6.45) is 4.97. The molecule has 1 rings (SSSR count). The Morgan fingerprint density at radius 3 is 2.83 bits per heavy atom. The lowest BCUT2D eigenvalue weighted by molar-refractivity contribution is -0.116. The molecule has 1 aliphatic rings. The van der Waals surface area contributed by atoms with E-state index in [4.69, 9.17) is 5.73 Å². The number of carbonyl (C=O) groups excluding carboxylic acids is 1. The molecule has 0 bridgehead atoms. The highest BCUT2D eigenvalue weighted by atomic mass is 16.1. The van der Waals surface area contributed by atoms with Crippen LogP contribution in [0.2, 0.25) is 0 Å². The van der Waals surface area contributed by atoms with Gasteiger partial charge in [0, 0.05) is 18.5 Å². The van der Waals surface area contributed by atoms with Crippen molar-refractivity contribution in [2.75, 3.05) is 0 Å². The van der Waals surface area contributed by atoms with Crippen molar-refractivity contribution in [3.63, 3.8) is 0 Å². The van der Waals surface area contributed by atoms with Gasteiger partial charge in [0.15, 0.2) is 0 Å². The lowest BCUT2D eigenvalue weighted by Crippen LogP contribution is -2.05. The van der Waals surface area contributed by atoms with E-state index in [1.807, 2.05) is 12.2 Å². The SMILES string of the molecule is C=C1C=C(N)CC(CC(C)=O)=C1. The first kappa shape index (κ1) is 8.78. The fourth-order valence-electron chi connectivity index (χ4n) is 1.34. The normalized spacial score (nSPS) is 16.9. The van der Waals surface area contributed by atoms with E-state index in [-0.39, 0.29) is 5.78 Å². The molecule has 12 heavy (non-hydrogen) atoms. The number of hydrogen-bond acceptors (Lipinski definition) is 2. The smallest absolute Gasteiger partial charge is 0.133 e. The number of rotatable bonds is 2. The molecular formula is C10H13NO. The van der Waals surface area contributed by atoms with Crippen molar-refractivity contribution in [2.45, 2.75) is 19.8 Å². The molecule has 0 aromatic carbocycles. The number of allylic oxidation sites excluding steroid dienone is 4. The summed E-state index contributed by atoms with van der Waals surface area (Å²) in [5, 5.41) is 0. The van der Waals surface area contributed by atoms with E-state index < -0.39 is 0 Å². The topological polar surface area (TPSA) is 43.1 Å². The van der Waals surface area contributed by atoms with Gasteiger partial charge in [-0.05, 0) is 18.6 Å². The lowest BCUT2D eigenvalue weighted by Gasteiger charge is -2.11. The van der Waals surface area contributed by atoms with Gasteiger partial charge in [-0.15, -0.1) is 0 Å². The van der Waals surface area contributed by atoms with Gasteiger partial charge in [-0.25, -0.2) is 0 Å². The Hall–Kier alpha value is -1.31. The van der Waals surface area contributed by atoms with Crippen molar-refractivity contribution < 1.29 is 4.79 Å². The third-order valence-corrected chi connectivity index (χ3v) is 1.67. The van der Waals surface area contributed by atoms with Crippen LogP contribution >= 0.6 is 0 Å². The van der Waals surface area contributed by atoms with Gasteiger partial charge >= 0.3 is 0 Å². The van der Waals surface area contributed by atoms with Gasteiger partial charge in [0.1, 0.15) is 5.78 Å². The number of hydrogen-bond donors (Lipinski definition) is 1. The Bertz CT molecular complexity index is 280. The summed E-state index contributed by atoms with van der Waals surface area (Å²) in [5.41, 5.74) is 8.38. The molecule has 0 unspecified atom stereocenters. The summed E-state index contributed by atoms with van der Waals surface area (Å²) < 4.78 is 0. The third-order valence-electron chi connectivity index (χ3n) is 1.67. The Labute approximate surface area is 72.5 Å². The highest BCUT2D eigenvalue weighted by Gasteiger charge is 2.07. The van der Waals surface area contributed by atoms with Gasteiger partial charge in [-0.2, -0.15) is 0 Å². The first-order chi connectivity index (χ1) is 5.58. The molecule has 0 saturated heterocycles. The van der Waals surface area contributed by atoms with Gasteiger partial charge < -0.3 is 5.73 Å². The molecule has 2 heteroatoms. The highest BCUT2D eigenvalue weighted by molar-refractivity contribution is 5.78. The maximum atomic E-state index is 10.8. The van der Waals surface area contributed by atoms with Crippen LogP contribution in [0.4, 0.5) is 0 Å². The minimum Gasteiger partial charge on any atom is -0.402 e. The van der Waals surface area contributed by atoms with E-state index >= 15 is 0 Å². The van der Waals surface area contributed by atoms with Crippen LogP contribution in [0.1, 0.15) is 19.8 Å². The molecule has 0 radical (unpaired) electrons. The number of carbonyl (C=O) groups is 1. The van der Waals surface area contributed by atoms with E-state index in [0.29, 0.717) is 12.8 Å². The Morgan fingerprint density at radius 1 is 1.67 bits per heavy atom. The zero-order valence-electron chi connectivity index (χ0n) is 7.26. The van der Waals surface area contributed by atoms with Gasteiger partial charge in [-0.1, -0.05) is 18.2 Å². The molecule has 0 amide bonds. The van der Waals surface area contributed by atoms with Crippen molar-refractivity contribution in [2.24, 2.45) is 5.73 Å². The van der Waals surface area contributed by atoms with E-state index in [1.165, 1.54) is 0 Å². The average molecular weight is 163 g/mol. The number of nitrogens with two attached hydrogens (primary N) is 1. The second kappa shape index (κ2) is 3.39. The van der Waals surface area contributed by atoms with E-state index in [2.05, 4.69) is 6.58 Å². The molecule has 0 atom stereocenters. The van der Waals surface area contributed by atoms with Crippen molar-refractivity contribution in [3.05, 3.63) is 35.6 Å². The van der Waals surface area contributed by atoms with Crippen molar-refractivity contribution >= 4 is 5.78 Å². The summed E-state index contributed by atoms with van der Waals surface area (Å²) in [6.45, 7) is 5.36. The molecule has 0 aromatic rings. The molecule has 0 aromatic heterocycles. The summed E-state index contributed by atoms with van der Waals surface area (Å²) >= 11 is 0. The number of ketones is 1. The molecule has 0 heterocycles. The van der Waals surface area contributed by atoms with Crippen LogP contribution in [0.15, 0.2) is 35.6 Å². The quantitative estimate of drug-likeness (QED) is 0.673. The lowest BCUT2D eigenvalue weighted by atomic mass is 9.97. The highest BCUT2D eigenvalue weighted by Crippen LogP contribution is 2.20. The van der Waals surface area contributed by atoms with E-state index in [1.54, 1.807) is 6.92 Å². The second-order valence-corrected chi connectivity index (χ2v) is 3.15. The summed E-state index contributed by atoms with van der Waals surface area (Å²) in [4.78, 5) is 10.8. The summed E-state index contributed by atoms with van der Waals surface area (Å²) in [7, 11) is 0. The molecule has 64 valence electrons. The van der Waals surface area contributed by atoms with Gasteiger partial charge in [0.05, 0.1) is 0 Å². The number of Topliss-reactive ketones (excluding diaryl/α,β-unsaturated/α-hetero) is 1. The second-order valence-electron chi connectivity index (χ2n) is 3.15. The molecule has 0 aliphatic heterocycles. The van der Waals surface area contributed by atoms with E-state index in [0.717, 1.165) is 16.8 Å². The van der Waals surface area contributed by atoms with Crippen molar-refractivity contribution in [1.82, 2.24) is 0 Å². The van der Waals surface area contributed by atoms with Gasteiger partial charge in [0.2, 0.25) is 0 Å². The molecule has 0 fully saturated rings. The molecule has 2 N–H and O–H groups in total. The average Bonchev–Trinajstić information content (AvgIpc) is 1.81. The zero-order chi connectivity index (χ0) is 9.14. The van der Waals surface area contributed by atoms with Crippen LogP contribution in [0.3, 0.4) is 0 Å². The third kappa shape index (κ3) is 2.38. The van der Waals surface area contributed by atoms with Crippen LogP contribution < -0.4 is 5.73 Å². The van der Waals surface area contributed by atoms with Crippen LogP contribution in [0, 0.1) is 0 Å². The van der Waals surface area contributed by atoms with E-state index in [9.17, 15) is 4.79 Å². The van der Waals surface area contributed by atoms with Crippen molar-refractivity contribution in [3.8, 4) is 0 Å². The predicted octanol–water partition coefficient (Wildman–Crippen LogP) is 1.69. The molecule has 0 saturated carbocycles.